The predicted molar refractivity (Wildman–Crippen MR) is 83.7 cm³/mol. The van der Waals surface area contributed by atoms with Gasteiger partial charge >= 0.3 is 6.09 Å². The molecular formula is C16H22F2N3O3+. The van der Waals surface area contributed by atoms with Crippen LogP contribution >= 0.6 is 0 Å². The maximum Gasteiger partial charge on any atom is 0.410 e. The van der Waals surface area contributed by atoms with Crippen molar-refractivity contribution in [2.24, 2.45) is 0 Å². The number of anilines is 1. The van der Waals surface area contributed by atoms with Crippen LogP contribution in [-0.2, 0) is 9.53 Å². The minimum atomic E-state index is -1.00. The third kappa shape index (κ3) is 4.41. The van der Waals surface area contributed by atoms with E-state index in [1.165, 1.54) is 6.07 Å². The van der Waals surface area contributed by atoms with E-state index < -0.39 is 11.6 Å². The number of carbonyl (C=O) groups excluding carboxylic acids is 2. The number of rotatable bonds is 4. The average Bonchev–Trinajstić information content (AvgIpc) is 2.58. The standard InChI is InChI=1S/C16H21F2N3O3/c1-3-24-16(23)21-8-6-20(7-9-21)11(2)15(22)19-12-4-5-13(17)14(18)10-12/h4-5,10-11H,3,6-9H2,1-2H3,(H,19,22)/p+1/t11-/m1/s1. The number of hydrogen-bond donors (Lipinski definition) is 2. The molecule has 2 rings (SSSR count). The van der Waals surface area contributed by atoms with Crippen LogP contribution in [0, 0.1) is 11.6 Å². The molecule has 0 saturated carbocycles. The number of quaternary nitrogens is 1. The number of hydrogen-bond acceptors (Lipinski definition) is 3. The molecule has 1 atom stereocenters. The molecule has 2 amide bonds. The van der Waals surface area contributed by atoms with E-state index in [1.807, 2.05) is 0 Å². The highest BCUT2D eigenvalue weighted by Crippen LogP contribution is 2.13. The molecule has 1 aromatic rings. The second-order valence-electron chi connectivity index (χ2n) is 5.68. The summed E-state index contributed by atoms with van der Waals surface area (Å²) in [5.74, 6) is -2.24. The van der Waals surface area contributed by atoms with Gasteiger partial charge in [0.25, 0.3) is 5.91 Å². The van der Waals surface area contributed by atoms with Gasteiger partial charge in [-0.3, -0.25) is 9.69 Å². The van der Waals surface area contributed by atoms with Crippen LogP contribution in [0.25, 0.3) is 0 Å². The van der Waals surface area contributed by atoms with Gasteiger partial charge in [-0.25, -0.2) is 13.6 Å². The minimum Gasteiger partial charge on any atom is -0.450 e. The number of nitrogens with one attached hydrogen (secondary N) is 2. The van der Waals surface area contributed by atoms with Crippen LogP contribution in [-0.4, -0.2) is 55.7 Å². The highest BCUT2D eigenvalue weighted by molar-refractivity contribution is 5.93. The van der Waals surface area contributed by atoms with Crippen LogP contribution in [0.1, 0.15) is 13.8 Å². The van der Waals surface area contributed by atoms with Crippen molar-refractivity contribution in [3.05, 3.63) is 29.8 Å². The Balaban J connectivity index is 1.87. The molecule has 0 spiro atoms. The van der Waals surface area contributed by atoms with E-state index in [0.29, 0.717) is 32.8 Å². The van der Waals surface area contributed by atoms with Crippen molar-refractivity contribution in [2.45, 2.75) is 19.9 Å². The summed E-state index contributed by atoms with van der Waals surface area (Å²) < 4.78 is 31.1. The average molecular weight is 342 g/mol. The van der Waals surface area contributed by atoms with E-state index in [1.54, 1.807) is 18.7 Å². The zero-order valence-corrected chi connectivity index (χ0v) is 13.8. The van der Waals surface area contributed by atoms with Crippen molar-refractivity contribution in [3.63, 3.8) is 0 Å². The van der Waals surface area contributed by atoms with Crippen molar-refractivity contribution in [2.75, 3.05) is 38.1 Å². The summed E-state index contributed by atoms with van der Waals surface area (Å²) in [6, 6.07) is 2.87. The molecule has 1 aliphatic heterocycles. The molecule has 24 heavy (non-hydrogen) atoms. The summed E-state index contributed by atoms with van der Waals surface area (Å²) in [5, 5.41) is 2.59. The van der Waals surface area contributed by atoms with E-state index in [2.05, 4.69) is 5.32 Å². The molecule has 0 radical (unpaired) electrons. The van der Waals surface area contributed by atoms with Gasteiger partial charge in [-0.2, -0.15) is 0 Å². The zero-order chi connectivity index (χ0) is 17.7. The van der Waals surface area contributed by atoms with Crippen LogP contribution in [0.5, 0.6) is 0 Å². The fraction of sp³-hybridized carbons (Fsp3) is 0.500. The van der Waals surface area contributed by atoms with Crippen molar-refractivity contribution in [3.8, 4) is 0 Å². The van der Waals surface area contributed by atoms with Crippen molar-refractivity contribution in [1.29, 1.82) is 0 Å². The lowest BCUT2D eigenvalue weighted by Crippen LogP contribution is -3.19. The second kappa shape index (κ2) is 8.05. The number of ether oxygens (including phenoxy) is 1. The van der Waals surface area contributed by atoms with Crippen LogP contribution in [0.15, 0.2) is 18.2 Å². The number of amides is 2. The van der Waals surface area contributed by atoms with Gasteiger partial charge in [0.2, 0.25) is 0 Å². The van der Waals surface area contributed by atoms with Gasteiger partial charge in [-0.05, 0) is 26.0 Å². The molecule has 6 nitrogen and oxygen atoms in total. The lowest BCUT2D eigenvalue weighted by atomic mass is 10.2. The second-order valence-corrected chi connectivity index (χ2v) is 5.68. The molecule has 132 valence electrons. The third-order valence-corrected chi connectivity index (χ3v) is 4.12. The molecule has 1 aromatic carbocycles. The van der Waals surface area contributed by atoms with Gasteiger partial charge in [-0.15, -0.1) is 0 Å². The predicted octanol–water partition coefficient (Wildman–Crippen LogP) is 0.649. The largest absolute Gasteiger partial charge is 0.450 e. The molecule has 0 unspecified atom stereocenters. The van der Waals surface area contributed by atoms with Crippen molar-refractivity contribution in [1.82, 2.24) is 4.90 Å². The van der Waals surface area contributed by atoms with Crippen LogP contribution in [0.3, 0.4) is 0 Å². The van der Waals surface area contributed by atoms with Gasteiger partial charge in [0.15, 0.2) is 17.7 Å². The number of halogens is 2. The van der Waals surface area contributed by atoms with Crippen LogP contribution in [0.4, 0.5) is 19.3 Å². The SMILES string of the molecule is CCOC(=O)N1CC[NH+]([C@H](C)C(=O)Nc2ccc(F)c(F)c2)CC1. The molecule has 1 heterocycles. The fourth-order valence-electron chi connectivity index (χ4n) is 2.63. The Morgan fingerprint density at radius 2 is 1.96 bits per heavy atom. The Bertz CT molecular complexity index is 604. The summed E-state index contributed by atoms with van der Waals surface area (Å²) >= 11 is 0. The minimum absolute atomic E-state index is 0.218. The smallest absolute Gasteiger partial charge is 0.410 e. The van der Waals surface area contributed by atoms with E-state index in [-0.39, 0.29) is 23.7 Å². The Morgan fingerprint density at radius 3 is 2.54 bits per heavy atom. The number of nitrogens with zero attached hydrogens (tertiary/aromatic N) is 1. The van der Waals surface area contributed by atoms with Crippen LogP contribution < -0.4 is 10.2 Å². The quantitative estimate of drug-likeness (QED) is 0.845. The molecular weight excluding hydrogens is 320 g/mol. The number of carbonyl (C=O) groups is 2. The Kier molecular flexibility index (Phi) is 6.08. The molecule has 0 aromatic heterocycles. The third-order valence-electron chi connectivity index (χ3n) is 4.12. The molecule has 0 bridgehead atoms. The Hall–Kier alpha value is -2.22. The molecule has 2 N–H and O–H groups in total. The lowest BCUT2D eigenvalue weighted by Gasteiger charge is -2.34. The van der Waals surface area contributed by atoms with Crippen LogP contribution in [0.2, 0.25) is 0 Å². The van der Waals surface area contributed by atoms with Gasteiger partial charge in [0, 0.05) is 11.8 Å². The molecule has 1 aliphatic rings. The van der Waals surface area contributed by atoms with Gasteiger partial charge in [-0.1, -0.05) is 0 Å². The van der Waals surface area contributed by atoms with Crippen molar-refractivity contribution < 1.29 is 28.0 Å². The molecule has 1 fully saturated rings. The maximum atomic E-state index is 13.2. The molecule has 0 aliphatic carbocycles. The van der Waals surface area contributed by atoms with E-state index in [9.17, 15) is 18.4 Å². The van der Waals surface area contributed by atoms with E-state index >= 15 is 0 Å². The zero-order valence-electron chi connectivity index (χ0n) is 13.8. The number of benzene rings is 1. The topological polar surface area (TPSA) is 63.1 Å². The van der Waals surface area contributed by atoms with Gasteiger partial charge in [0.05, 0.1) is 32.8 Å². The van der Waals surface area contributed by atoms with Gasteiger partial charge in [0.1, 0.15) is 0 Å². The van der Waals surface area contributed by atoms with E-state index in [4.69, 9.17) is 4.74 Å². The maximum absolute atomic E-state index is 13.2. The normalized spacial score (nSPS) is 16.6. The monoisotopic (exact) mass is 342 g/mol. The first-order valence-corrected chi connectivity index (χ1v) is 7.94. The summed E-state index contributed by atoms with van der Waals surface area (Å²) in [7, 11) is 0. The summed E-state index contributed by atoms with van der Waals surface area (Å²) in [6.45, 7) is 6.11. The Morgan fingerprint density at radius 1 is 1.29 bits per heavy atom. The molecule has 8 heteroatoms. The highest BCUT2D eigenvalue weighted by Gasteiger charge is 2.31. The first-order chi connectivity index (χ1) is 11.4. The summed E-state index contributed by atoms with van der Waals surface area (Å²) in [6.07, 6.45) is -0.338. The highest BCUT2D eigenvalue weighted by atomic mass is 19.2. The number of piperazine rings is 1. The summed E-state index contributed by atoms with van der Waals surface area (Å²) in [5.41, 5.74) is 0.218. The van der Waals surface area contributed by atoms with Crippen molar-refractivity contribution >= 4 is 17.7 Å². The Labute approximate surface area is 139 Å². The first kappa shape index (κ1) is 18.1. The van der Waals surface area contributed by atoms with E-state index in [0.717, 1.165) is 17.0 Å². The summed E-state index contributed by atoms with van der Waals surface area (Å²) in [4.78, 5) is 26.6. The lowest BCUT2D eigenvalue weighted by molar-refractivity contribution is -0.917. The van der Waals surface area contributed by atoms with Gasteiger partial charge < -0.3 is 15.0 Å². The fourth-order valence-corrected chi connectivity index (χ4v) is 2.63. The first-order valence-electron chi connectivity index (χ1n) is 7.94. The molecule has 1 saturated heterocycles.